The lowest BCUT2D eigenvalue weighted by atomic mass is 9.60. The maximum Gasteiger partial charge on any atom is 0.451 e. The van der Waals surface area contributed by atoms with E-state index in [-0.39, 0.29) is 5.56 Å². The normalized spacial score (nSPS) is 31.3. The summed E-state index contributed by atoms with van der Waals surface area (Å²) in [5, 5.41) is 0. The van der Waals surface area contributed by atoms with Crippen molar-refractivity contribution < 1.29 is 27.7 Å². The van der Waals surface area contributed by atoms with Crippen molar-refractivity contribution in [3.63, 3.8) is 0 Å². The molecule has 1 aliphatic heterocycles. The predicted octanol–water partition coefficient (Wildman–Crippen LogP) is 5.31. The van der Waals surface area contributed by atoms with Gasteiger partial charge in [0.25, 0.3) is 0 Å². The number of hydrogen-bond acceptors (Lipinski definition) is 3. The van der Waals surface area contributed by atoms with E-state index in [0.717, 1.165) is 6.42 Å². The van der Waals surface area contributed by atoms with Crippen molar-refractivity contribution >= 4 is 0 Å². The molecular weight excluding hydrogens is 321 g/mol. The molecule has 3 nitrogen and oxygen atoms in total. The second-order valence-corrected chi connectivity index (χ2v) is 7.99. The summed E-state index contributed by atoms with van der Waals surface area (Å²) in [6.45, 7) is 7.48. The molecule has 1 atom stereocenters. The molecule has 0 bridgehead atoms. The van der Waals surface area contributed by atoms with Crippen molar-refractivity contribution in [3.05, 3.63) is 35.9 Å². The van der Waals surface area contributed by atoms with Crippen LogP contribution in [-0.2, 0) is 20.3 Å². The second kappa shape index (κ2) is 5.19. The van der Waals surface area contributed by atoms with E-state index < -0.39 is 28.6 Å². The highest BCUT2D eigenvalue weighted by atomic mass is 19.4. The molecule has 2 aliphatic rings. The molecular formula is C18H23F3O3. The first-order valence-electron chi connectivity index (χ1n) is 8.17. The first kappa shape index (κ1) is 17.7. The van der Waals surface area contributed by atoms with Crippen molar-refractivity contribution in [2.24, 2.45) is 10.8 Å². The molecule has 3 rings (SSSR count). The number of alkyl halides is 3. The number of benzene rings is 1. The Labute approximate surface area is 140 Å². The van der Waals surface area contributed by atoms with Gasteiger partial charge in [0.2, 0.25) is 5.79 Å². The molecule has 1 saturated carbocycles. The molecule has 0 aromatic heterocycles. The minimum absolute atomic E-state index is 0.119. The Morgan fingerprint density at radius 1 is 0.875 bits per heavy atom. The van der Waals surface area contributed by atoms with Crippen molar-refractivity contribution in [1.29, 1.82) is 0 Å². The molecule has 2 fully saturated rings. The van der Waals surface area contributed by atoms with Gasteiger partial charge in [0.05, 0.1) is 0 Å². The van der Waals surface area contributed by atoms with Crippen LogP contribution < -0.4 is 0 Å². The average Bonchev–Trinajstić information content (AvgIpc) is 2.90. The Balaban J connectivity index is 2.14. The lowest BCUT2D eigenvalue weighted by Crippen LogP contribution is -2.60. The van der Waals surface area contributed by atoms with E-state index in [4.69, 9.17) is 14.5 Å². The average molecular weight is 344 g/mol. The molecule has 24 heavy (non-hydrogen) atoms. The molecule has 0 N–H and O–H groups in total. The van der Waals surface area contributed by atoms with Crippen LogP contribution in [0.3, 0.4) is 0 Å². The highest BCUT2D eigenvalue weighted by Crippen LogP contribution is 2.64. The molecule has 1 aliphatic carbocycles. The molecule has 1 aromatic rings. The van der Waals surface area contributed by atoms with E-state index in [0.29, 0.717) is 12.8 Å². The maximum atomic E-state index is 14.0. The Hall–Kier alpha value is -1.11. The summed E-state index contributed by atoms with van der Waals surface area (Å²) in [5.74, 6) is -4.40. The molecule has 0 amide bonds. The Kier molecular flexibility index (Phi) is 3.83. The predicted molar refractivity (Wildman–Crippen MR) is 81.6 cm³/mol. The van der Waals surface area contributed by atoms with Gasteiger partial charge in [-0.25, -0.2) is 0 Å². The molecule has 1 saturated heterocycles. The third-order valence-electron chi connectivity index (χ3n) is 5.48. The quantitative estimate of drug-likeness (QED) is 0.646. The number of ether oxygens (including phenoxy) is 1. The smallest absolute Gasteiger partial charge is 0.300 e. The first-order chi connectivity index (χ1) is 11.0. The van der Waals surface area contributed by atoms with Gasteiger partial charge in [-0.05, 0) is 12.8 Å². The third kappa shape index (κ3) is 2.23. The van der Waals surface area contributed by atoms with Crippen molar-refractivity contribution in [2.45, 2.75) is 64.7 Å². The fraction of sp³-hybridized carbons (Fsp3) is 0.667. The van der Waals surface area contributed by atoms with Gasteiger partial charge in [0.1, 0.15) is 0 Å². The van der Waals surface area contributed by atoms with Gasteiger partial charge in [-0.3, -0.25) is 4.74 Å². The Morgan fingerprint density at radius 2 is 1.42 bits per heavy atom. The zero-order valence-electron chi connectivity index (χ0n) is 14.4. The molecule has 1 heterocycles. The van der Waals surface area contributed by atoms with Gasteiger partial charge >= 0.3 is 12.0 Å². The monoisotopic (exact) mass is 344 g/mol. The van der Waals surface area contributed by atoms with E-state index in [9.17, 15) is 13.2 Å². The van der Waals surface area contributed by atoms with Crippen LogP contribution in [0.5, 0.6) is 0 Å². The summed E-state index contributed by atoms with van der Waals surface area (Å²) in [7, 11) is 0. The van der Waals surface area contributed by atoms with Gasteiger partial charge in [0.15, 0.2) is 0 Å². The molecule has 1 aromatic carbocycles. The van der Waals surface area contributed by atoms with Crippen molar-refractivity contribution in [1.82, 2.24) is 0 Å². The van der Waals surface area contributed by atoms with Crippen LogP contribution in [0.2, 0.25) is 0 Å². The van der Waals surface area contributed by atoms with E-state index >= 15 is 0 Å². The van der Waals surface area contributed by atoms with Gasteiger partial charge in [-0.2, -0.15) is 22.9 Å². The summed E-state index contributed by atoms with van der Waals surface area (Å²) in [5.41, 5.74) is -1.38. The van der Waals surface area contributed by atoms with Gasteiger partial charge < -0.3 is 0 Å². The minimum Gasteiger partial charge on any atom is -0.300 e. The lowest BCUT2D eigenvalue weighted by molar-refractivity contribution is -0.429. The van der Waals surface area contributed by atoms with Crippen LogP contribution >= 0.6 is 0 Å². The van der Waals surface area contributed by atoms with Gasteiger partial charge in [-0.1, -0.05) is 64.4 Å². The van der Waals surface area contributed by atoms with Crippen LogP contribution in [-0.4, -0.2) is 12.0 Å². The topological polar surface area (TPSA) is 27.7 Å². The van der Waals surface area contributed by atoms with Crippen LogP contribution in [0.25, 0.3) is 0 Å². The van der Waals surface area contributed by atoms with Gasteiger partial charge in [-0.15, -0.1) is 0 Å². The molecule has 6 heteroatoms. The van der Waals surface area contributed by atoms with Crippen LogP contribution in [0.15, 0.2) is 30.3 Å². The first-order valence-corrected chi connectivity index (χ1v) is 8.17. The van der Waals surface area contributed by atoms with E-state index in [2.05, 4.69) is 0 Å². The summed E-state index contributed by atoms with van der Waals surface area (Å²) in [4.78, 5) is 10.5. The lowest BCUT2D eigenvalue weighted by Gasteiger charge is -2.54. The molecule has 1 unspecified atom stereocenters. The number of rotatable bonds is 1. The Bertz CT molecular complexity index is 594. The van der Waals surface area contributed by atoms with Crippen LogP contribution in [0, 0.1) is 10.8 Å². The minimum atomic E-state index is -4.78. The van der Waals surface area contributed by atoms with E-state index in [1.807, 2.05) is 27.7 Å². The van der Waals surface area contributed by atoms with Crippen LogP contribution in [0.1, 0.15) is 52.5 Å². The summed E-state index contributed by atoms with van der Waals surface area (Å²) in [6.07, 6.45) is -2.48. The summed E-state index contributed by atoms with van der Waals surface area (Å²) < 4.78 is 47.8. The zero-order chi connectivity index (χ0) is 17.9. The summed E-state index contributed by atoms with van der Waals surface area (Å²) in [6, 6.07) is 7.39. The number of hydrogen-bond donors (Lipinski definition) is 0. The van der Waals surface area contributed by atoms with Crippen molar-refractivity contribution in [2.75, 3.05) is 0 Å². The Morgan fingerprint density at radius 3 is 1.92 bits per heavy atom. The van der Waals surface area contributed by atoms with Crippen molar-refractivity contribution in [3.8, 4) is 0 Å². The summed E-state index contributed by atoms with van der Waals surface area (Å²) >= 11 is 0. The second-order valence-electron chi connectivity index (χ2n) is 7.99. The highest BCUT2D eigenvalue weighted by Gasteiger charge is 2.75. The SMILES string of the molecule is CC1(C)CCCC(C)(C)C12OOC(c1ccccc1)(C(F)(F)F)O2. The molecule has 1 spiro atoms. The molecule has 0 radical (unpaired) electrons. The standard InChI is InChI=1S/C18H23F3O3/c1-14(2)11-8-12-15(3,4)17(14)22-16(23-24-17,18(19,20)21)13-9-6-5-7-10-13/h5-7,9-10H,8,11-12H2,1-4H3. The number of halogens is 3. The van der Waals surface area contributed by atoms with E-state index in [1.165, 1.54) is 24.3 Å². The fourth-order valence-electron chi connectivity index (χ4n) is 4.11. The van der Waals surface area contributed by atoms with Gasteiger partial charge in [0, 0.05) is 16.4 Å². The third-order valence-corrected chi connectivity index (χ3v) is 5.48. The largest absolute Gasteiger partial charge is 0.451 e. The molecule has 134 valence electrons. The highest BCUT2D eigenvalue weighted by molar-refractivity contribution is 5.23. The van der Waals surface area contributed by atoms with Crippen LogP contribution in [0.4, 0.5) is 13.2 Å². The maximum absolute atomic E-state index is 14.0. The zero-order valence-corrected chi connectivity index (χ0v) is 14.4. The van der Waals surface area contributed by atoms with E-state index in [1.54, 1.807) is 6.07 Å². The fourth-order valence-corrected chi connectivity index (χ4v) is 4.11.